The molecule has 2 aromatic carbocycles. The van der Waals surface area contributed by atoms with Crippen LogP contribution in [0.4, 0.5) is 13.2 Å². The average Bonchev–Trinajstić information content (AvgIpc) is 3.31. The van der Waals surface area contributed by atoms with Gasteiger partial charge < -0.3 is 25.2 Å². The molecule has 0 aromatic heterocycles. The molecule has 0 unspecified atom stereocenters. The van der Waals surface area contributed by atoms with Crippen molar-refractivity contribution < 1.29 is 41.0 Å². The zero-order valence-electron chi connectivity index (χ0n) is 25.7. The van der Waals surface area contributed by atoms with Crippen LogP contribution >= 0.6 is 0 Å². The Morgan fingerprint density at radius 3 is 2.53 bits per heavy atom. The van der Waals surface area contributed by atoms with Gasteiger partial charge in [0.15, 0.2) is 0 Å². The predicted molar refractivity (Wildman–Crippen MR) is 164 cm³/mol. The number of nitrogens with one attached hydrogen (secondary N) is 2. The smallest absolute Gasteiger partial charge is 0.390 e. The maximum atomic E-state index is 13.7. The summed E-state index contributed by atoms with van der Waals surface area (Å²) in [4.78, 5) is 13.7. The second kappa shape index (κ2) is 15.1. The SMILES string of the molecule is CC(C)Oc1ccc2c(c1)[C@H]1C[C@@H]2OC/C=C\C[C@@H](N(C)S(=O)(=O)CCC(F)(F)F)C(=O)N[C@@H](Cc2ccccc2)[C@H](O)CN1. The number of ether oxygens (including phenoxy) is 2. The Labute approximate surface area is 262 Å². The van der Waals surface area contributed by atoms with Crippen molar-refractivity contribution in [2.75, 3.05) is 26.0 Å². The Morgan fingerprint density at radius 1 is 1.11 bits per heavy atom. The molecule has 1 aliphatic heterocycles. The van der Waals surface area contributed by atoms with E-state index < -0.39 is 52.5 Å². The first-order valence-electron chi connectivity index (χ1n) is 15.1. The predicted octanol–water partition coefficient (Wildman–Crippen LogP) is 4.20. The van der Waals surface area contributed by atoms with Crippen molar-refractivity contribution in [1.29, 1.82) is 0 Å². The lowest BCUT2D eigenvalue weighted by atomic mass is 9.99. The number of sulfonamides is 1. The van der Waals surface area contributed by atoms with Gasteiger partial charge in [0.05, 0.1) is 43.1 Å². The molecule has 45 heavy (non-hydrogen) atoms. The molecular formula is C32H42F3N3O6S. The third-order valence-corrected chi connectivity index (χ3v) is 9.86. The van der Waals surface area contributed by atoms with E-state index in [2.05, 4.69) is 10.6 Å². The molecule has 0 fully saturated rings. The number of likely N-dealkylation sites (N-methyl/N-ethyl adjacent to an activating group) is 1. The number of rotatable bonds is 8. The van der Waals surface area contributed by atoms with Crippen molar-refractivity contribution in [1.82, 2.24) is 14.9 Å². The summed E-state index contributed by atoms with van der Waals surface area (Å²) in [7, 11) is -3.35. The Morgan fingerprint density at radius 2 is 1.84 bits per heavy atom. The molecule has 248 valence electrons. The lowest BCUT2D eigenvalue weighted by Gasteiger charge is -2.31. The van der Waals surface area contributed by atoms with Crippen LogP contribution in [0.1, 0.15) is 61.9 Å². The monoisotopic (exact) mass is 653 g/mol. The first-order valence-corrected chi connectivity index (χ1v) is 16.7. The summed E-state index contributed by atoms with van der Waals surface area (Å²) >= 11 is 0. The molecule has 3 N–H and O–H groups in total. The number of carbonyl (C=O) groups is 1. The van der Waals surface area contributed by atoms with Crippen molar-refractivity contribution in [3.8, 4) is 5.75 Å². The topological polar surface area (TPSA) is 117 Å². The molecule has 2 aromatic rings. The number of β-amino-alcohol motifs (C(OH)–C–C–N with tert-alkyl or cyclic N) is 1. The number of alkyl halides is 3. The minimum atomic E-state index is -4.67. The minimum absolute atomic E-state index is 0.00901. The van der Waals surface area contributed by atoms with E-state index in [0.717, 1.165) is 29.5 Å². The minimum Gasteiger partial charge on any atom is -0.491 e. The van der Waals surface area contributed by atoms with E-state index in [4.69, 9.17) is 9.47 Å². The summed E-state index contributed by atoms with van der Waals surface area (Å²) in [6, 6.07) is 12.7. The lowest BCUT2D eigenvalue weighted by Crippen LogP contribution is -2.55. The first kappa shape index (κ1) is 34.9. The molecule has 1 aliphatic carbocycles. The fourth-order valence-electron chi connectivity index (χ4n) is 5.62. The van der Waals surface area contributed by atoms with Crippen LogP contribution in [0, 0.1) is 0 Å². The molecular weight excluding hydrogens is 611 g/mol. The van der Waals surface area contributed by atoms with Gasteiger partial charge in [0, 0.05) is 19.6 Å². The van der Waals surface area contributed by atoms with Gasteiger partial charge >= 0.3 is 6.18 Å². The van der Waals surface area contributed by atoms with Gasteiger partial charge in [0.25, 0.3) is 0 Å². The molecule has 0 saturated heterocycles. The third kappa shape index (κ3) is 9.76. The van der Waals surface area contributed by atoms with Crippen LogP contribution in [0.15, 0.2) is 60.7 Å². The maximum Gasteiger partial charge on any atom is 0.390 e. The fourth-order valence-corrected chi connectivity index (χ4v) is 6.96. The molecule has 2 aliphatic rings. The molecule has 0 spiro atoms. The zero-order chi connectivity index (χ0) is 32.8. The van der Waals surface area contributed by atoms with Gasteiger partial charge in [0.2, 0.25) is 15.9 Å². The molecule has 1 amide bonds. The van der Waals surface area contributed by atoms with Gasteiger partial charge in [-0.05, 0) is 61.9 Å². The van der Waals surface area contributed by atoms with E-state index >= 15 is 0 Å². The van der Waals surface area contributed by atoms with Gasteiger partial charge in [-0.2, -0.15) is 17.5 Å². The summed E-state index contributed by atoms with van der Waals surface area (Å²) in [6.45, 7) is 4.15. The summed E-state index contributed by atoms with van der Waals surface area (Å²) in [5.74, 6) is -1.19. The molecule has 5 atom stereocenters. The number of amides is 1. The highest BCUT2D eigenvalue weighted by Crippen LogP contribution is 2.42. The molecule has 0 saturated carbocycles. The normalized spacial score (nSPS) is 25.7. The number of hydrogen-bond donors (Lipinski definition) is 3. The summed E-state index contributed by atoms with van der Waals surface area (Å²) in [5.41, 5.74) is 2.81. The molecule has 2 bridgehead atoms. The van der Waals surface area contributed by atoms with Crippen LogP contribution < -0.4 is 15.4 Å². The molecule has 0 radical (unpaired) electrons. The number of aliphatic hydroxyl groups is 1. The van der Waals surface area contributed by atoms with E-state index in [1.807, 2.05) is 62.4 Å². The number of aliphatic hydroxyl groups excluding tert-OH is 1. The molecule has 4 rings (SSSR count). The van der Waals surface area contributed by atoms with Crippen molar-refractivity contribution in [3.05, 3.63) is 77.4 Å². The van der Waals surface area contributed by atoms with Gasteiger partial charge in [-0.15, -0.1) is 0 Å². The molecule has 9 nitrogen and oxygen atoms in total. The van der Waals surface area contributed by atoms with Crippen LogP contribution in [-0.2, 0) is 26.0 Å². The Kier molecular flexibility index (Phi) is 11.7. The quantitative estimate of drug-likeness (QED) is 0.366. The zero-order valence-corrected chi connectivity index (χ0v) is 26.5. The van der Waals surface area contributed by atoms with Crippen LogP contribution in [0.3, 0.4) is 0 Å². The molecule has 13 heteroatoms. The number of halogens is 3. The number of fused-ring (bicyclic) bond motifs is 5. The van der Waals surface area contributed by atoms with E-state index in [-0.39, 0.29) is 44.2 Å². The lowest BCUT2D eigenvalue weighted by molar-refractivity contribution is -0.130. The molecule has 1 heterocycles. The number of benzene rings is 2. The highest BCUT2D eigenvalue weighted by molar-refractivity contribution is 7.89. The summed E-state index contributed by atoms with van der Waals surface area (Å²) in [5, 5.41) is 17.6. The van der Waals surface area contributed by atoms with Gasteiger partial charge in [-0.3, -0.25) is 4.79 Å². The summed E-state index contributed by atoms with van der Waals surface area (Å²) < 4.78 is 77.2. The highest BCUT2D eigenvalue weighted by atomic mass is 32.2. The second-order valence-corrected chi connectivity index (χ2v) is 13.9. The summed E-state index contributed by atoms with van der Waals surface area (Å²) in [6.07, 6.45) is -3.59. The third-order valence-electron chi connectivity index (χ3n) is 8.01. The van der Waals surface area contributed by atoms with Gasteiger partial charge in [0.1, 0.15) is 11.8 Å². The first-order chi connectivity index (χ1) is 21.2. The van der Waals surface area contributed by atoms with Crippen LogP contribution in [0.5, 0.6) is 5.75 Å². The van der Waals surface area contributed by atoms with Crippen molar-refractivity contribution in [3.63, 3.8) is 0 Å². The maximum absolute atomic E-state index is 13.7. The van der Waals surface area contributed by atoms with Crippen LogP contribution in [0.2, 0.25) is 0 Å². The highest BCUT2D eigenvalue weighted by Gasteiger charge is 2.37. The largest absolute Gasteiger partial charge is 0.491 e. The van der Waals surface area contributed by atoms with Crippen molar-refractivity contribution >= 4 is 15.9 Å². The Bertz CT molecular complexity index is 1420. The van der Waals surface area contributed by atoms with Crippen molar-refractivity contribution in [2.45, 2.75) is 82.1 Å². The van der Waals surface area contributed by atoms with E-state index in [0.29, 0.717) is 10.7 Å². The van der Waals surface area contributed by atoms with Crippen LogP contribution in [-0.4, -0.2) is 80.2 Å². The van der Waals surface area contributed by atoms with Crippen LogP contribution in [0.25, 0.3) is 0 Å². The number of nitrogens with zero attached hydrogens (tertiary/aromatic N) is 1. The van der Waals surface area contributed by atoms with Gasteiger partial charge in [-0.25, -0.2) is 8.42 Å². The number of carbonyl (C=O) groups excluding carboxylic acids is 1. The standard InChI is InChI=1S/C32H42F3N3O6S/c1-21(2)44-23-12-13-24-25(18-23)26-19-30(24)43-15-8-7-11-28(38(3)45(41,42)16-14-32(33,34)35)31(40)37-27(29(39)20-36-26)17-22-9-5-4-6-10-22/h4-10,12-13,18,21,26-30,36,39H,11,14-17,19-20H2,1-3H3,(H,37,40)/b8-7-/t26-,27+,28-,29-,30+/m1/s1. The van der Waals surface area contributed by atoms with E-state index in [1.54, 1.807) is 12.2 Å². The average molecular weight is 654 g/mol. The second-order valence-electron chi connectivity index (χ2n) is 11.8. The Balaban J connectivity index is 1.63. The van der Waals surface area contributed by atoms with E-state index in [9.17, 15) is 31.5 Å². The van der Waals surface area contributed by atoms with Crippen molar-refractivity contribution in [2.24, 2.45) is 0 Å². The number of hydrogen-bond acceptors (Lipinski definition) is 7. The van der Waals surface area contributed by atoms with Gasteiger partial charge in [-0.1, -0.05) is 48.6 Å². The fraction of sp³-hybridized carbons (Fsp3) is 0.531. The Hall–Kier alpha value is -2.97. The van der Waals surface area contributed by atoms with E-state index in [1.165, 1.54) is 0 Å².